The summed E-state index contributed by atoms with van der Waals surface area (Å²) in [6.45, 7) is 3.48. The Hall–Kier alpha value is -3.26. The molecule has 4 rings (SSSR count). The molecule has 2 atom stereocenters. The number of amides is 1. The Morgan fingerprint density at radius 1 is 1.15 bits per heavy atom. The van der Waals surface area contributed by atoms with Crippen molar-refractivity contribution in [2.45, 2.75) is 32.2 Å². The Labute approximate surface area is 199 Å². The lowest BCUT2D eigenvalue weighted by molar-refractivity contribution is -0.150. The van der Waals surface area contributed by atoms with E-state index < -0.39 is 0 Å². The van der Waals surface area contributed by atoms with Gasteiger partial charge in [-0.15, -0.1) is 0 Å². The zero-order chi connectivity index (χ0) is 24.1. The lowest BCUT2D eigenvalue weighted by atomic mass is 9.97. The van der Waals surface area contributed by atoms with Crippen molar-refractivity contribution in [2.75, 3.05) is 33.4 Å². The maximum Gasteiger partial charge on any atom is 0.310 e. The third-order valence-corrected chi connectivity index (χ3v) is 6.34. The number of halogens is 1. The Balaban J connectivity index is 1.55. The lowest BCUT2D eigenvalue weighted by Gasteiger charge is -2.32. The number of hydrazone groups is 1. The van der Waals surface area contributed by atoms with E-state index in [9.17, 15) is 14.0 Å². The number of ether oxygens (including phenoxy) is 2. The highest BCUT2D eigenvalue weighted by molar-refractivity contribution is 6.03. The highest BCUT2D eigenvalue weighted by Crippen LogP contribution is 2.34. The van der Waals surface area contributed by atoms with Crippen molar-refractivity contribution in [2.24, 2.45) is 11.0 Å². The number of nitrogens with zero attached hydrogens (tertiary/aromatic N) is 3. The van der Waals surface area contributed by atoms with Gasteiger partial charge in [0.25, 0.3) is 5.91 Å². The number of rotatable bonds is 7. The van der Waals surface area contributed by atoms with E-state index in [0.29, 0.717) is 36.6 Å². The van der Waals surface area contributed by atoms with Crippen LogP contribution < -0.4 is 4.74 Å². The monoisotopic (exact) mass is 467 g/mol. The van der Waals surface area contributed by atoms with Gasteiger partial charge in [0, 0.05) is 18.5 Å². The number of benzene rings is 2. The normalized spacial score (nSPS) is 20.7. The van der Waals surface area contributed by atoms with Crippen molar-refractivity contribution in [1.82, 2.24) is 9.91 Å². The van der Waals surface area contributed by atoms with Crippen molar-refractivity contribution in [3.8, 4) is 5.75 Å². The van der Waals surface area contributed by atoms with E-state index in [0.717, 1.165) is 24.9 Å². The number of hydrogen-bond donors (Lipinski definition) is 0. The van der Waals surface area contributed by atoms with Crippen molar-refractivity contribution in [1.29, 1.82) is 0 Å². The topological polar surface area (TPSA) is 71.4 Å². The molecule has 2 heterocycles. The largest absolute Gasteiger partial charge is 0.497 e. The summed E-state index contributed by atoms with van der Waals surface area (Å²) < 4.78 is 24.9. The fourth-order valence-electron chi connectivity index (χ4n) is 4.60. The number of methoxy groups -OCH3 is 1. The summed E-state index contributed by atoms with van der Waals surface area (Å²) in [6, 6.07) is 13.6. The first-order valence-electron chi connectivity index (χ1n) is 11.7. The van der Waals surface area contributed by atoms with E-state index in [1.54, 1.807) is 32.2 Å². The number of carbonyl (C=O) groups excluding carboxylic acids is 2. The summed E-state index contributed by atoms with van der Waals surface area (Å²) >= 11 is 0. The molecule has 2 aromatic carbocycles. The first-order chi connectivity index (χ1) is 16.5. The molecule has 1 saturated heterocycles. The van der Waals surface area contributed by atoms with Crippen LogP contribution in [0.15, 0.2) is 53.6 Å². The second-order valence-electron chi connectivity index (χ2n) is 8.58. The molecular weight excluding hydrogens is 437 g/mol. The molecule has 0 aromatic heterocycles. The SMILES string of the molecule is CCOC(=O)[C@@H]1CCCN(CC(=O)N2N=C(c3ccccc3F)C[C@H]2c2ccc(OC)cc2)C1. The number of piperidine rings is 1. The van der Waals surface area contributed by atoms with Crippen LogP contribution in [0.5, 0.6) is 5.75 Å². The molecule has 8 heteroatoms. The first-order valence-corrected chi connectivity index (χ1v) is 11.7. The minimum absolute atomic E-state index is 0.136. The number of esters is 1. The molecule has 0 saturated carbocycles. The van der Waals surface area contributed by atoms with Crippen LogP contribution in [0.2, 0.25) is 0 Å². The highest BCUT2D eigenvalue weighted by atomic mass is 19.1. The molecule has 0 aliphatic carbocycles. The molecule has 7 nitrogen and oxygen atoms in total. The third kappa shape index (κ3) is 5.28. The van der Waals surface area contributed by atoms with Crippen LogP contribution in [0, 0.1) is 11.7 Å². The van der Waals surface area contributed by atoms with Gasteiger partial charge in [0.2, 0.25) is 0 Å². The maximum absolute atomic E-state index is 14.5. The zero-order valence-electron chi connectivity index (χ0n) is 19.6. The second kappa shape index (κ2) is 10.8. The predicted octanol–water partition coefficient (Wildman–Crippen LogP) is 3.79. The minimum Gasteiger partial charge on any atom is -0.497 e. The Kier molecular flexibility index (Phi) is 7.57. The Morgan fingerprint density at radius 2 is 1.91 bits per heavy atom. The molecule has 2 aromatic rings. The van der Waals surface area contributed by atoms with Gasteiger partial charge in [0.15, 0.2) is 0 Å². The van der Waals surface area contributed by atoms with Gasteiger partial charge >= 0.3 is 5.97 Å². The maximum atomic E-state index is 14.5. The third-order valence-electron chi connectivity index (χ3n) is 6.34. The predicted molar refractivity (Wildman–Crippen MR) is 126 cm³/mol. The van der Waals surface area contributed by atoms with Crippen LogP contribution in [-0.2, 0) is 14.3 Å². The van der Waals surface area contributed by atoms with E-state index in [2.05, 4.69) is 5.10 Å². The molecule has 0 spiro atoms. The Morgan fingerprint density at radius 3 is 2.62 bits per heavy atom. The van der Waals surface area contributed by atoms with Gasteiger partial charge in [-0.3, -0.25) is 14.5 Å². The fraction of sp³-hybridized carbons (Fsp3) is 0.423. The van der Waals surface area contributed by atoms with Gasteiger partial charge in [-0.25, -0.2) is 9.40 Å². The summed E-state index contributed by atoms with van der Waals surface area (Å²) in [4.78, 5) is 27.6. The molecule has 0 radical (unpaired) electrons. The second-order valence-corrected chi connectivity index (χ2v) is 8.58. The molecule has 2 aliphatic rings. The average Bonchev–Trinajstić information content (AvgIpc) is 3.30. The van der Waals surface area contributed by atoms with Crippen LogP contribution in [0.25, 0.3) is 0 Å². The molecule has 180 valence electrons. The summed E-state index contributed by atoms with van der Waals surface area (Å²) in [7, 11) is 1.60. The van der Waals surface area contributed by atoms with Crippen LogP contribution in [0.4, 0.5) is 4.39 Å². The molecule has 2 aliphatic heterocycles. The lowest BCUT2D eigenvalue weighted by Crippen LogP contribution is -2.44. The van der Waals surface area contributed by atoms with Crippen LogP contribution in [-0.4, -0.2) is 60.8 Å². The molecule has 0 unspecified atom stereocenters. The summed E-state index contributed by atoms with van der Waals surface area (Å²) in [5.41, 5.74) is 1.83. The zero-order valence-corrected chi connectivity index (χ0v) is 19.6. The van der Waals surface area contributed by atoms with Crippen molar-refractivity contribution < 1.29 is 23.5 Å². The van der Waals surface area contributed by atoms with Crippen LogP contribution in [0.1, 0.15) is 43.4 Å². The van der Waals surface area contributed by atoms with Crippen LogP contribution in [0.3, 0.4) is 0 Å². The number of likely N-dealkylation sites (tertiary alicyclic amines) is 1. The summed E-state index contributed by atoms with van der Waals surface area (Å²) in [5, 5.41) is 6.05. The molecular formula is C26H30FN3O4. The van der Waals surface area contributed by atoms with Gasteiger partial charge in [-0.1, -0.05) is 30.3 Å². The van der Waals surface area contributed by atoms with Crippen LogP contribution >= 0.6 is 0 Å². The average molecular weight is 468 g/mol. The molecule has 34 heavy (non-hydrogen) atoms. The van der Waals surface area contributed by atoms with Gasteiger partial charge in [0.05, 0.1) is 37.9 Å². The summed E-state index contributed by atoms with van der Waals surface area (Å²) in [6.07, 6.45) is 1.99. The van der Waals surface area contributed by atoms with Crippen molar-refractivity contribution in [3.05, 3.63) is 65.5 Å². The fourth-order valence-corrected chi connectivity index (χ4v) is 4.60. The standard InChI is InChI=1S/C26H30FN3O4/c1-3-34-26(32)19-7-6-14-29(16-19)17-25(31)30-24(18-10-12-20(33-2)13-11-18)15-23(28-30)21-8-4-5-9-22(21)27/h4-5,8-13,19,24H,3,6-7,14-17H2,1-2H3/t19-,24+/m1/s1. The van der Waals surface area contributed by atoms with Gasteiger partial charge in [-0.2, -0.15) is 5.10 Å². The minimum atomic E-state index is -0.364. The molecule has 0 N–H and O–H groups in total. The quantitative estimate of drug-likeness (QED) is 0.580. The van der Waals surface area contributed by atoms with E-state index in [4.69, 9.17) is 9.47 Å². The summed E-state index contributed by atoms with van der Waals surface area (Å²) in [5.74, 6) is -0.270. The van der Waals surface area contributed by atoms with E-state index in [1.807, 2.05) is 29.2 Å². The van der Waals surface area contributed by atoms with E-state index >= 15 is 0 Å². The molecule has 1 fully saturated rings. The first kappa shape index (κ1) is 23.9. The number of hydrogen-bond acceptors (Lipinski definition) is 6. The van der Waals surface area contributed by atoms with Gasteiger partial charge < -0.3 is 9.47 Å². The molecule has 1 amide bonds. The van der Waals surface area contributed by atoms with Crippen molar-refractivity contribution in [3.63, 3.8) is 0 Å². The van der Waals surface area contributed by atoms with Crippen molar-refractivity contribution >= 4 is 17.6 Å². The van der Waals surface area contributed by atoms with E-state index in [-0.39, 0.29) is 36.2 Å². The number of carbonyl (C=O) groups is 2. The van der Waals surface area contributed by atoms with E-state index in [1.165, 1.54) is 11.1 Å². The smallest absolute Gasteiger partial charge is 0.310 e. The molecule has 0 bridgehead atoms. The Bertz CT molecular complexity index is 1060. The van der Waals surface area contributed by atoms with Gasteiger partial charge in [0.1, 0.15) is 11.6 Å². The highest BCUT2D eigenvalue weighted by Gasteiger charge is 2.36. The van der Waals surface area contributed by atoms with Gasteiger partial charge in [-0.05, 0) is 50.1 Å².